The van der Waals surface area contributed by atoms with Crippen molar-refractivity contribution < 1.29 is 27.7 Å². The second kappa shape index (κ2) is 15.0. The van der Waals surface area contributed by atoms with Crippen LogP contribution >= 0.6 is 11.6 Å². The highest BCUT2D eigenvalue weighted by Crippen LogP contribution is 2.36. The minimum absolute atomic E-state index is 0.00374. The smallest absolute Gasteiger partial charge is 0.273 e. The highest BCUT2D eigenvalue weighted by atomic mass is 35.5. The summed E-state index contributed by atoms with van der Waals surface area (Å²) < 4.78 is 34.9. The summed E-state index contributed by atoms with van der Waals surface area (Å²) in [5.41, 5.74) is 1.53. The van der Waals surface area contributed by atoms with Crippen LogP contribution in [0, 0.1) is 24.0 Å². The number of sulfonamides is 1. The molecular formula is C33H39ClN4O7S. The number of amides is 2. The minimum Gasteiger partial charge on any atom is -0.495 e. The summed E-state index contributed by atoms with van der Waals surface area (Å²) in [7, 11) is -3.27. The number of rotatable bonds is 12. The van der Waals surface area contributed by atoms with E-state index in [1.54, 1.807) is 6.92 Å². The van der Waals surface area contributed by atoms with E-state index in [9.17, 15) is 28.1 Å². The predicted octanol–water partition coefficient (Wildman–Crippen LogP) is 5.94. The monoisotopic (exact) mass is 670 g/mol. The van der Waals surface area contributed by atoms with Gasteiger partial charge in [-0.15, -0.1) is 0 Å². The Hall–Kier alpha value is -4.16. The maximum Gasteiger partial charge on any atom is 0.273 e. The Bertz CT molecular complexity index is 1710. The number of nitrogens with one attached hydrogen (secondary N) is 1. The second-order valence-electron chi connectivity index (χ2n) is 11.5. The normalized spacial score (nSPS) is 14.3. The van der Waals surface area contributed by atoms with E-state index in [0.717, 1.165) is 53.6 Å². The number of hydrogen-bond donors (Lipinski definition) is 1. The molecular weight excluding hydrogens is 632 g/mol. The highest BCUT2D eigenvalue weighted by molar-refractivity contribution is 7.92. The van der Waals surface area contributed by atoms with E-state index < -0.39 is 38.3 Å². The molecule has 0 radical (unpaired) electrons. The van der Waals surface area contributed by atoms with Gasteiger partial charge in [0.05, 0.1) is 22.6 Å². The van der Waals surface area contributed by atoms with E-state index in [4.69, 9.17) is 16.3 Å². The number of halogens is 1. The lowest BCUT2D eigenvalue weighted by Gasteiger charge is -2.33. The first-order valence-electron chi connectivity index (χ1n) is 15.1. The fraction of sp³-hybridized carbons (Fsp3) is 0.394. The van der Waals surface area contributed by atoms with Gasteiger partial charge in [-0.25, -0.2) is 8.42 Å². The zero-order valence-electron chi connectivity index (χ0n) is 26.4. The van der Waals surface area contributed by atoms with Crippen LogP contribution < -0.4 is 14.4 Å². The Morgan fingerprint density at radius 2 is 1.74 bits per heavy atom. The SMILES string of the molecule is COc1ccc(Cl)cc1N(CC(=O)N(Cc1ccccc1C)[C@H](C)C(=O)NC1CCCCC1)S(=O)(=O)c1ccc(C)c([N+](=O)[O-])c1. The predicted molar refractivity (Wildman–Crippen MR) is 177 cm³/mol. The second-order valence-corrected chi connectivity index (χ2v) is 13.8. The van der Waals surface area contributed by atoms with Crippen LogP contribution in [-0.2, 0) is 26.2 Å². The van der Waals surface area contributed by atoms with E-state index in [1.165, 1.54) is 49.3 Å². The number of nitro groups is 1. The average Bonchev–Trinajstić information content (AvgIpc) is 3.03. The molecule has 0 heterocycles. The van der Waals surface area contributed by atoms with E-state index in [2.05, 4.69) is 5.32 Å². The Kier molecular flexibility index (Phi) is 11.3. The molecule has 3 aromatic carbocycles. The van der Waals surface area contributed by atoms with E-state index in [0.29, 0.717) is 0 Å². The Labute approximate surface area is 274 Å². The topological polar surface area (TPSA) is 139 Å². The van der Waals surface area contributed by atoms with E-state index in [-0.39, 0.29) is 46.2 Å². The molecule has 0 aliphatic heterocycles. The highest BCUT2D eigenvalue weighted by Gasteiger charge is 2.35. The van der Waals surface area contributed by atoms with Crippen LogP contribution in [0.4, 0.5) is 11.4 Å². The number of ether oxygens (including phenoxy) is 1. The lowest BCUT2D eigenvalue weighted by atomic mass is 9.95. The quantitative estimate of drug-likeness (QED) is 0.186. The van der Waals surface area contributed by atoms with Gasteiger partial charge < -0.3 is 15.0 Å². The van der Waals surface area contributed by atoms with Crippen molar-refractivity contribution >= 4 is 44.8 Å². The van der Waals surface area contributed by atoms with Gasteiger partial charge in [0.2, 0.25) is 11.8 Å². The number of aryl methyl sites for hydroxylation is 2. The third-order valence-corrected chi connectivity index (χ3v) is 10.4. The van der Waals surface area contributed by atoms with Gasteiger partial charge in [-0.2, -0.15) is 0 Å². The lowest BCUT2D eigenvalue weighted by molar-refractivity contribution is -0.385. The number of benzene rings is 3. The van der Waals surface area contributed by atoms with Gasteiger partial charge in [-0.1, -0.05) is 61.2 Å². The van der Waals surface area contributed by atoms with Crippen molar-refractivity contribution in [3.63, 3.8) is 0 Å². The third kappa shape index (κ3) is 7.97. The van der Waals surface area contributed by atoms with E-state index in [1.807, 2.05) is 31.2 Å². The number of carbonyl (C=O) groups is 2. The standard InChI is InChI=1S/C33H39ClN4O7S/c1-22-10-8-9-11-25(22)20-36(24(3)33(40)35-27-12-6-5-7-13-27)32(39)21-37(30-18-26(34)15-17-31(30)45-4)46(43,44)28-16-14-23(2)29(19-28)38(41)42/h8-11,14-19,24,27H,5-7,12-13,20-21H2,1-4H3,(H,35,40)/t24-/m1/s1. The first-order valence-corrected chi connectivity index (χ1v) is 16.9. The zero-order chi connectivity index (χ0) is 33.6. The molecule has 46 heavy (non-hydrogen) atoms. The van der Waals surface area contributed by atoms with Crippen LogP contribution in [0.2, 0.25) is 5.02 Å². The first kappa shape index (κ1) is 34.7. The van der Waals surface area contributed by atoms with Crippen LogP contribution in [0.3, 0.4) is 0 Å². The molecule has 1 N–H and O–H groups in total. The molecule has 0 saturated heterocycles. The molecule has 1 saturated carbocycles. The van der Waals surface area contributed by atoms with Crippen LogP contribution in [0.1, 0.15) is 55.7 Å². The maximum absolute atomic E-state index is 14.3. The molecule has 1 aliphatic carbocycles. The van der Waals surface area contributed by atoms with Gasteiger partial charge in [0.15, 0.2) is 0 Å². The molecule has 246 valence electrons. The summed E-state index contributed by atoms with van der Waals surface area (Å²) in [5.74, 6) is -0.893. The van der Waals surface area contributed by atoms with Crippen molar-refractivity contribution in [2.75, 3.05) is 18.0 Å². The Morgan fingerprint density at radius 1 is 1.04 bits per heavy atom. The van der Waals surface area contributed by atoms with E-state index >= 15 is 0 Å². The third-order valence-electron chi connectivity index (χ3n) is 8.37. The number of carbonyl (C=O) groups excluding carboxylic acids is 2. The molecule has 1 atom stereocenters. The summed E-state index contributed by atoms with van der Waals surface area (Å²) in [6.07, 6.45) is 4.84. The van der Waals surface area contributed by atoms with Crippen molar-refractivity contribution in [2.24, 2.45) is 0 Å². The molecule has 11 nitrogen and oxygen atoms in total. The molecule has 3 aromatic rings. The van der Waals surface area contributed by atoms with Gasteiger partial charge in [-0.05, 0) is 69.0 Å². The van der Waals surface area contributed by atoms with Crippen LogP contribution in [0.15, 0.2) is 65.6 Å². The van der Waals surface area contributed by atoms with Crippen molar-refractivity contribution in [3.05, 3.63) is 92.5 Å². The molecule has 1 aliphatic rings. The number of methoxy groups -OCH3 is 1. The van der Waals surface area contributed by atoms with Crippen molar-refractivity contribution in [1.82, 2.24) is 10.2 Å². The number of nitro benzene ring substituents is 1. The molecule has 4 rings (SSSR count). The van der Waals surface area contributed by atoms with Crippen molar-refractivity contribution in [3.8, 4) is 5.75 Å². The van der Waals surface area contributed by atoms with Crippen LogP contribution in [0.5, 0.6) is 5.75 Å². The van der Waals surface area contributed by atoms with Crippen molar-refractivity contribution in [1.29, 1.82) is 0 Å². The molecule has 2 amide bonds. The summed E-state index contributed by atoms with van der Waals surface area (Å²) >= 11 is 6.30. The minimum atomic E-state index is -4.61. The zero-order valence-corrected chi connectivity index (χ0v) is 27.9. The Balaban J connectivity index is 1.78. The largest absolute Gasteiger partial charge is 0.495 e. The van der Waals surface area contributed by atoms with Gasteiger partial charge >= 0.3 is 0 Å². The first-order chi connectivity index (χ1) is 21.8. The van der Waals surface area contributed by atoms with Crippen molar-refractivity contribution in [2.45, 2.75) is 76.4 Å². The molecule has 1 fully saturated rings. The van der Waals surface area contributed by atoms with Crippen LogP contribution in [-0.4, -0.2) is 55.8 Å². The molecule has 0 spiro atoms. The summed E-state index contributed by atoms with van der Waals surface area (Å²) in [5, 5.41) is 15.0. The van der Waals surface area contributed by atoms with Gasteiger partial charge in [0.25, 0.3) is 15.7 Å². The molecule has 0 aromatic heterocycles. The fourth-order valence-corrected chi connectivity index (χ4v) is 7.17. The average molecular weight is 671 g/mol. The molecule has 0 unspecified atom stereocenters. The lowest BCUT2D eigenvalue weighted by Crippen LogP contribution is -2.53. The summed E-state index contributed by atoms with van der Waals surface area (Å²) in [4.78, 5) is 39.9. The number of hydrogen-bond acceptors (Lipinski definition) is 7. The summed E-state index contributed by atoms with van der Waals surface area (Å²) in [6, 6.07) is 14.4. The molecule has 0 bridgehead atoms. The Morgan fingerprint density at radius 3 is 2.39 bits per heavy atom. The number of anilines is 1. The molecule has 13 heteroatoms. The van der Waals surface area contributed by atoms with Gasteiger partial charge in [0, 0.05) is 29.2 Å². The fourth-order valence-electron chi connectivity index (χ4n) is 5.57. The van der Waals surface area contributed by atoms with Gasteiger partial charge in [0.1, 0.15) is 18.3 Å². The van der Waals surface area contributed by atoms with Gasteiger partial charge in [-0.3, -0.25) is 24.0 Å². The maximum atomic E-state index is 14.3. The van der Waals surface area contributed by atoms with Crippen LogP contribution in [0.25, 0.3) is 0 Å². The number of nitrogens with zero attached hydrogens (tertiary/aromatic N) is 3. The summed E-state index contributed by atoms with van der Waals surface area (Å²) in [6.45, 7) is 4.31.